The number of amides is 2. The van der Waals surface area contributed by atoms with Crippen LogP contribution in [0.5, 0.6) is 5.75 Å². The number of piperidine rings is 1. The van der Waals surface area contributed by atoms with Crippen molar-refractivity contribution in [2.45, 2.75) is 18.9 Å². The summed E-state index contributed by atoms with van der Waals surface area (Å²) in [6.45, 7) is 3.26. The number of primary amides is 1. The summed E-state index contributed by atoms with van der Waals surface area (Å²) in [7, 11) is 1.65. The third kappa shape index (κ3) is 4.12. The van der Waals surface area contributed by atoms with Crippen LogP contribution in [0.3, 0.4) is 0 Å². The van der Waals surface area contributed by atoms with E-state index >= 15 is 0 Å². The van der Waals surface area contributed by atoms with Gasteiger partial charge in [-0.1, -0.05) is 24.3 Å². The Bertz CT molecular complexity index is 882. The van der Waals surface area contributed by atoms with Crippen LogP contribution in [-0.2, 0) is 4.79 Å². The molecule has 2 saturated heterocycles. The van der Waals surface area contributed by atoms with E-state index in [0.717, 1.165) is 55.9 Å². The molecule has 0 radical (unpaired) electrons. The smallest absolute Gasteiger partial charge is 0.253 e. The minimum absolute atomic E-state index is 0.00663. The van der Waals surface area contributed by atoms with Crippen molar-refractivity contribution in [3.05, 3.63) is 54.1 Å². The highest BCUT2D eigenvalue weighted by Gasteiger charge is 2.37. The molecule has 2 N–H and O–H groups in total. The number of benzene rings is 2. The Hall–Kier alpha value is -2.86. The fourth-order valence-electron chi connectivity index (χ4n) is 4.19. The van der Waals surface area contributed by atoms with Gasteiger partial charge in [0.2, 0.25) is 5.91 Å². The van der Waals surface area contributed by atoms with Crippen LogP contribution < -0.4 is 10.5 Å². The quantitative estimate of drug-likeness (QED) is 0.846. The number of nitrogens with two attached hydrogens (primary N) is 1. The molecule has 0 unspecified atom stereocenters. The van der Waals surface area contributed by atoms with Crippen molar-refractivity contribution in [2.75, 3.05) is 33.3 Å². The average molecular weight is 393 g/mol. The maximum absolute atomic E-state index is 12.8. The Kier molecular flexibility index (Phi) is 5.53. The maximum Gasteiger partial charge on any atom is 0.253 e. The van der Waals surface area contributed by atoms with E-state index in [2.05, 4.69) is 4.90 Å². The van der Waals surface area contributed by atoms with Crippen LogP contribution in [0.25, 0.3) is 11.1 Å². The lowest BCUT2D eigenvalue weighted by molar-refractivity contribution is -0.123. The molecule has 29 heavy (non-hydrogen) atoms. The van der Waals surface area contributed by atoms with Crippen molar-refractivity contribution >= 4 is 11.8 Å². The van der Waals surface area contributed by atoms with Crippen LogP contribution in [0.4, 0.5) is 0 Å². The summed E-state index contributed by atoms with van der Waals surface area (Å²) >= 11 is 0. The molecule has 4 rings (SSSR count). The van der Waals surface area contributed by atoms with E-state index < -0.39 is 0 Å². The Morgan fingerprint density at radius 2 is 1.69 bits per heavy atom. The molecule has 2 aromatic carbocycles. The van der Waals surface area contributed by atoms with E-state index in [0.29, 0.717) is 11.6 Å². The standard InChI is InChI=1S/C23H27N3O3/c1-29-21-4-2-3-19(13-21)16-5-7-18(8-6-16)23(28)26-14-20(15-26)25-11-9-17(10-12-25)22(24)27/h2-8,13,17,20H,9-12,14-15H2,1H3,(H2,24,27). The van der Waals surface area contributed by atoms with Crippen LogP contribution in [0.1, 0.15) is 23.2 Å². The summed E-state index contributed by atoms with van der Waals surface area (Å²) in [4.78, 5) is 28.4. The van der Waals surface area contributed by atoms with E-state index in [4.69, 9.17) is 10.5 Å². The number of hydrogen-bond donors (Lipinski definition) is 1. The fourth-order valence-corrected chi connectivity index (χ4v) is 4.19. The number of hydrogen-bond acceptors (Lipinski definition) is 4. The topological polar surface area (TPSA) is 75.9 Å². The predicted octanol–water partition coefficient (Wildman–Crippen LogP) is 2.38. The van der Waals surface area contributed by atoms with Gasteiger partial charge in [0.1, 0.15) is 5.75 Å². The molecule has 0 saturated carbocycles. The van der Waals surface area contributed by atoms with Gasteiger partial charge >= 0.3 is 0 Å². The number of rotatable bonds is 5. The molecule has 2 fully saturated rings. The molecule has 0 bridgehead atoms. The second kappa shape index (κ2) is 8.25. The van der Waals surface area contributed by atoms with Crippen LogP contribution in [0, 0.1) is 5.92 Å². The number of methoxy groups -OCH3 is 1. The van der Waals surface area contributed by atoms with Gasteiger partial charge in [0, 0.05) is 30.6 Å². The molecule has 2 aliphatic heterocycles. The molecular weight excluding hydrogens is 366 g/mol. The van der Waals surface area contributed by atoms with Crippen molar-refractivity contribution in [3.63, 3.8) is 0 Å². The third-order valence-electron chi connectivity index (χ3n) is 6.13. The number of likely N-dealkylation sites (tertiary alicyclic amines) is 2. The highest BCUT2D eigenvalue weighted by atomic mass is 16.5. The molecule has 0 atom stereocenters. The lowest BCUT2D eigenvalue weighted by Gasteiger charge is -2.47. The lowest BCUT2D eigenvalue weighted by atomic mass is 9.93. The summed E-state index contributed by atoms with van der Waals surface area (Å²) in [5, 5.41) is 0. The molecule has 152 valence electrons. The van der Waals surface area contributed by atoms with Gasteiger partial charge in [0.05, 0.1) is 7.11 Å². The predicted molar refractivity (Wildman–Crippen MR) is 112 cm³/mol. The molecule has 0 aliphatic carbocycles. The molecular formula is C23H27N3O3. The zero-order chi connectivity index (χ0) is 20.4. The first-order valence-electron chi connectivity index (χ1n) is 10.1. The monoisotopic (exact) mass is 393 g/mol. The van der Waals surface area contributed by atoms with Crippen LogP contribution in [0.15, 0.2) is 48.5 Å². The summed E-state index contributed by atoms with van der Waals surface area (Å²) in [5.74, 6) is 0.708. The lowest BCUT2D eigenvalue weighted by Crippen LogP contribution is -2.62. The molecule has 2 aliphatic rings. The van der Waals surface area contributed by atoms with Gasteiger partial charge < -0.3 is 15.4 Å². The summed E-state index contributed by atoms with van der Waals surface area (Å²) in [5.41, 5.74) is 8.23. The molecule has 0 aromatic heterocycles. The van der Waals surface area contributed by atoms with E-state index in [9.17, 15) is 9.59 Å². The van der Waals surface area contributed by atoms with E-state index in [1.807, 2.05) is 53.4 Å². The van der Waals surface area contributed by atoms with Crippen molar-refractivity contribution in [1.82, 2.24) is 9.80 Å². The van der Waals surface area contributed by atoms with Crippen molar-refractivity contribution < 1.29 is 14.3 Å². The van der Waals surface area contributed by atoms with Gasteiger partial charge in [0.25, 0.3) is 5.91 Å². The molecule has 0 spiro atoms. The number of carbonyl (C=O) groups excluding carboxylic acids is 2. The maximum atomic E-state index is 12.8. The molecule has 2 heterocycles. The Morgan fingerprint density at radius 1 is 1.00 bits per heavy atom. The minimum atomic E-state index is -0.188. The van der Waals surface area contributed by atoms with Gasteiger partial charge in [-0.2, -0.15) is 0 Å². The number of nitrogens with zero attached hydrogens (tertiary/aromatic N) is 2. The zero-order valence-corrected chi connectivity index (χ0v) is 16.7. The molecule has 6 heteroatoms. The zero-order valence-electron chi connectivity index (χ0n) is 16.7. The number of carbonyl (C=O) groups is 2. The molecule has 2 aromatic rings. The first kappa shape index (κ1) is 19.5. The normalized spacial score (nSPS) is 18.3. The SMILES string of the molecule is COc1cccc(-c2ccc(C(=O)N3CC(N4CCC(C(N)=O)CC4)C3)cc2)c1. The highest BCUT2D eigenvalue weighted by molar-refractivity contribution is 5.95. The third-order valence-corrected chi connectivity index (χ3v) is 6.13. The van der Waals surface area contributed by atoms with Crippen molar-refractivity contribution in [2.24, 2.45) is 11.7 Å². The average Bonchev–Trinajstić information content (AvgIpc) is 2.73. The molecule has 2 amide bonds. The van der Waals surface area contributed by atoms with Crippen LogP contribution in [-0.4, -0.2) is 60.9 Å². The highest BCUT2D eigenvalue weighted by Crippen LogP contribution is 2.26. The second-order valence-electron chi connectivity index (χ2n) is 7.89. The van der Waals surface area contributed by atoms with Gasteiger partial charge in [-0.05, 0) is 61.3 Å². The Labute approximate surface area is 171 Å². The van der Waals surface area contributed by atoms with Crippen molar-refractivity contribution in [1.29, 1.82) is 0 Å². The molecule has 6 nitrogen and oxygen atoms in total. The Balaban J connectivity index is 1.32. The second-order valence-corrected chi connectivity index (χ2v) is 7.89. The summed E-state index contributed by atoms with van der Waals surface area (Å²) in [6, 6.07) is 16.0. The van der Waals surface area contributed by atoms with E-state index in [1.165, 1.54) is 0 Å². The first-order chi connectivity index (χ1) is 14.0. The largest absolute Gasteiger partial charge is 0.497 e. The minimum Gasteiger partial charge on any atom is -0.497 e. The van der Waals surface area contributed by atoms with E-state index in [-0.39, 0.29) is 17.7 Å². The number of ether oxygens (including phenoxy) is 1. The Morgan fingerprint density at radius 3 is 2.31 bits per heavy atom. The van der Waals surface area contributed by atoms with Gasteiger partial charge in [-0.3, -0.25) is 14.5 Å². The van der Waals surface area contributed by atoms with Gasteiger partial charge in [-0.15, -0.1) is 0 Å². The van der Waals surface area contributed by atoms with E-state index in [1.54, 1.807) is 7.11 Å². The summed E-state index contributed by atoms with van der Waals surface area (Å²) < 4.78 is 5.28. The van der Waals surface area contributed by atoms with Gasteiger partial charge in [0.15, 0.2) is 0 Å². The fraction of sp³-hybridized carbons (Fsp3) is 0.391. The first-order valence-corrected chi connectivity index (χ1v) is 10.1. The summed E-state index contributed by atoms with van der Waals surface area (Å²) in [6.07, 6.45) is 1.65. The van der Waals surface area contributed by atoms with Crippen LogP contribution >= 0.6 is 0 Å². The van der Waals surface area contributed by atoms with Gasteiger partial charge in [-0.25, -0.2) is 0 Å². The van der Waals surface area contributed by atoms with Crippen molar-refractivity contribution in [3.8, 4) is 16.9 Å². The van der Waals surface area contributed by atoms with Crippen LogP contribution in [0.2, 0.25) is 0 Å².